The Labute approximate surface area is 129 Å². The zero-order valence-electron chi connectivity index (χ0n) is 10.9. The van der Waals surface area contributed by atoms with Gasteiger partial charge in [-0.3, -0.25) is 4.79 Å². The van der Waals surface area contributed by atoms with Crippen molar-refractivity contribution in [2.45, 2.75) is 32.2 Å². The number of carbonyl (C=O) groups is 2. The summed E-state index contributed by atoms with van der Waals surface area (Å²) in [6.45, 7) is 1.75. The minimum Gasteiger partial charge on any atom is -1.00 e. The summed E-state index contributed by atoms with van der Waals surface area (Å²) in [6, 6.07) is -0.713. The van der Waals surface area contributed by atoms with Crippen molar-refractivity contribution in [1.82, 2.24) is 0 Å². The minimum absolute atomic E-state index is 0. The van der Waals surface area contributed by atoms with E-state index in [4.69, 9.17) is 11.5 Å². The van der Waals surface area contributed by atoms with E-state index in [0.29, 0.717) is 13.0 Å². The molecule has 4 N–H and O–H groups in total. The van der Waals surface area contributed by atoms with Gasteiger partial charge in [-0.05, 0) is 19.4 Å². The average molecular weight is 267 g/mol. The molecule has 0 saturated carbocycles. The molecular weight excluding hydrogens is 248 g/mol. The summed E-state index contributed by atoms with van der Waals surface area (Å²) in [5.74, 6) is -1.29. The van der Waals surface area contributed by atoms with Crippen molar-refractivity contribution in [1.29, 1.82) is 0 Å². The normalized spacial score (nSPS) is 10.6. The third-order valence-electron chi connectivity index (χ3n) is 1.52. The number of hydrogen-bond acceptors (Lipinski definition) is 5. The molecule has 0 aliphatic heterocycles. The van der Waals surface area contributed by atoms with Gasteiger partial charge < -0.3 is 19.1 Å². The van der Waals surface area contributed by atoms with Gasteiger partial charge in [-0.25, -0.2) is 4.79 Å². The van der Waals surface area contributed by atoms with Gasteiger partial charge in [-0.2, -0.15) is 0 Å². The van der Waals surface area contributed by atoms with Gasteiger partial charge in [0.15, 0.2) is 0 Å². The monoisotopic (exact) mass is 266 g/mol. The van der Waals surface area contributed by atoms with Crippen molar-refractivity contribution in [2.75, 3.05) is 6.54 Å². The molecule has 0 aliphatic carbocycles. The molecule has 88 valence electrons. The van der Waals surface area contributed by atoms with Gasteiger partial charge in [0.05, 0.1) is 0 Å². The van der Waals surface area contributed by atoms with Gasteiger partial charge in [0.25, 0.3) is 0 Å². The molecule has 15 heavy (non-hydrogen) atoms. The maximum absolute atomic E-state index is 10.9. The van der Waals surface area contributed by atoms with Crippen LogP contribution in [0.15, 0.2) is 0 Å². The zero-order chi connectivity index (χ0) is 10.3. The first-order chi connectivity index (χ1) is 6.07. The first-order valence-electron chi connectivity index (χ1n) is 4.26. The van der Waals surface area contributed by atoms with E-state index in [0.717, 1.165) is 12.8 Å². The molecule has 0 radical (unpaired) electrons. The standard InChI is InChI=1S/C8H16N2O3.Ca.ClH.2H/c1-6(11)13-8(12)7(10)4-2-3-5-9;;;;/h7H,2-5,9-10H2,1H3;;1H;;/q;+2;;2*-1/t7-;;;;/m0..../s1. The second kappa shape index (κ2) is 12.7. The second-order valence-corrected chi connectivity index (χ2v) is 2.80. The number of rotatable bonds is 5. The molecule has 0 heterocycles. The fourth-order valence-corrected chi connectivity index (χ4v) is 0.844. The maximum atomic E-state index is 10.9. The van der Waals surface area contributed by atoms with E-state index in [1.54, 1.807) is 0 Å². The predicted molar refractivity (Wildman–Crippen MR) is 62.9 cm³/mol. The van der Waals surface area contributed by atoms with Crippen molar-refractivity contribution in [2.24, 2.45) is 11.5 Å². The Balaban J connectivity index is -0.000000120. The van der Waals surface area contributed by atoms with E-state index in [1.165, 1.54) is 6.92 Å². The SMILES string of the molecule is CC(=O)OC(=O)[C@@H](N)CCCCN.Cl.[Ca+2].[H-].[H-]. The summed E-state index contributed by atoms with van der Waals surface area (Å²) in [5.41, 5.74) is 10.7. The first-order valence-corrected chi connectivity index (χ1v) is 4.26. The molecule has 5 nitrogen and oxygen atoms in total. The second-order valence-electron chi connectivity index (χ2n) is 2.80. The van der Waals surface area contributed by atoms with Crippen molar-refractivity contribution < 1.29 is 17.2 Å². The summed E-state index contributed by atoms with van der Waals surface area (Å²) in [5, 5.41) is 0. The molecular formula is C8H19CaClN2O3. The third-order valence-corrected chi connectivity index (χ3v) is 1.52. The number of unbranched alkanes of at least 4 members (excludes halogenated alkanes) is 1. The average Bonchev–Trinajstić information content (AvgIpc) is 2.03. The Bertz CT molecular complexity index is 202. The minimum atomic E-state index is -0.713. The molecule has 0 aromatic rings. The van der Waals surface area contributed by atoms with E-state index in [2.05, 4.69) is 4.74 Å². The summed E-state index contributed by atoms with van der Waals surface area (Å²) in [7, 11) is 0. The number of esters is 2. The number of halogens is 1. The van der Waals surface area contributed by atoms with Crippen LogP contribution in [0.1, 0.15) is 29.0 Å². The number of hydrogen-bond donors (Lipinski definition) is 2. The van der Waals surface area contributed by atoms with Gasteiger partial charge in [0.2, 0.25) is 0 Å². The largest absolute Gasteiger partial charge is 2.00 e. The molecule has 0 fully saturated rings. The topological polar surface area (TPSA) is 95.4 Å². The van der Waals surface area contributed by atoms with Crippen molar-refractivity contribution >= 4 is 62.1 Å². The fraction of sp³-hybridized carbons (Fsp3) is 0.750. The van der Waals surface area contributed by atoms with E-state index < -0.39 is 18.0 Å². The quantitative estimate of drug-likeness (QED) is 0.311. The van der Waals surface area contributed by atoms with Crippen LogP contribution in [0.3, 0.4) is 0 Å². The van der Waals surface area contributed by atoms with Gasteiger partial charge in [-0.15, -0.1) is 12.4 Å². The maximum Gasteiger partial charge on any atom is 2.00 e. The van der Waals surface area contributed by atoms with Crippen LogP contribution in [0.25, 0.3) is 0 Å². The summed E-state index contributed by atoms with van der Waals surface area (Å²) in [4.78, 5) is 21.3. The molecule has 0 aliphatic rings. The smallest absolute Gasteiger partial charge is 1.00 e. The zero-order valence-corrected chi connectivity index (χ0v) is 11.9. The van der Waals surface area contributed by atoms with Gasteiger partial charge in [0.1, 0.15) is 6.04 Å². The van der Waals surface area contributed by atoms with Gasteiger partial charge >= 0.3 is 49.7 Å². The molecule has 0 bridgehead atoms. The van der Waals surface area contributed by atoms with Crippen LogP contribution in [0.5, 0.6) is 0 Å². The van der Waals surface area contributed by atoms with Gasteiger partial charge in [-0.1, -0.05) is 6.42 Å². The molecule has 0 rings (SSSR count). The van der Waals surface area contributed by atoms with Crippen LogP contribution < -0.4 is 11.5 Å². The van der Waals surface area contributed by atoms with Crippen molar-refractivity contribution in [3.63, 3.8) is 0 Å². The number of ether oxygens (including phenoxy) is 1. The molecule has 0 spiro atoms. The summed E-state index contributed by atoms with van der Waals surface area (Å²) >= 11 is 0. The first kappa shape index (κ1) is 21.0. The van der Waals surface area contributed by atoms with Crippen LogP contribution in [-0.2, 0) is 14.3 Å². The van der Waals surface area contributed by atoms with Gasteiger partial charge in [0, 0.05) is 6.92 Å². The molecule has 7 heteroatoms. The Morgan fingerprint density at radius 1 is 1.40 bits per heavy atom. The van der Waals surface area contributed by atoms with E-state index in [9.17, 15) is 9.59 Å². The molecule has 0 amide bonds. The third kappa shape index (κ3) is 12.5. The van der Waals surface area contributed by atoms with Crippen LogP contribution in [0.4, 0.5) is 0 Å². The molecule has 1 atom stereocenters. The Morgan fingerprint density at radius 2 is 1.93 bits per heavy atom. The Hall–Kier alpha value is 0.610. The number of carbonyl (C=O) groups excluding carboxylic acids is 2. The molecule has 0 saturated heterocycles. The van der Waals surface area contributed by atoms with Crippen LogP contribution in [0.2, 0.25) is 0 Å². The predicted octanol–water partition coefficient (Wildman–Crippen LogP) is -0.202. The molecule has 0 aromatic carbocycles. The number of nitrogens with two attached hydrogens (primary N) is 2. The van der Waals surface area contributed by atoms with E-state index in [1.807, 2.05) is 0 Å². The summed E-state index contributed by atoms with van der Waals surface area (Å²) in [6.07, 6.45) is 2.09. The van der Waals surface area contributed by atoms with Crippen molar-refractivity contribution in [3.8, 4) is 0 Å². The molecule has 0 unspecified atom stereocenters. The summed E-state index contributed by atoms with van der Waals surface area (Å²) < 4.78 is 4.31. The molecule has 0 aromatic heterocycles. The van der Waals surface area contributed by atoms with E-state index in [-0.39, 0.29) is 53.0 Å². The van der Waals surface area contributed by atoms with Crippen LogP contribution in [0, 0.1) is 0 Å². The Morgan fingerprint density at radius 3 is 2.33 bits per heavy atom. The Kier molecular flexibility index (Phi) is 17.7. The van der Waals surface area contributed by atoms with Crippen LogP contribution >= 0.6 is 12.4 Å². The van der Waals surface area contributed by atoms with Crippen molar-refractivity contribution in [3.05, 3.63) is 0 Å². The van der Waals surface area contributed by atoms with Crippen LogP contribution in [-0.4, -0.2) is 62.3 Å². The van der Waals surface area contributed by atoms with E-state index >= 15 is 0 Å². The fourth-order valence-electron chi connectivity index (χ4n) is 0.844.